The zero-order chi connectivity index (χ0) is 22.2. The van der Waals surface area contributed by atoms with Gasteiger partial charge in [-0.2, -0.15) is 10.4 Å². The zero-order valence-electron chi connectivity index (χ0n) is 17.2. The van der Waals surface area contributed by atoms with Crippen LogP contribution in [0, 0.1) is 17.1 Å². The summed E-state index contributed by atoms with van der Waals surface area (Å²) in [7, 11) is 1.82. The normalized spacial score (nSPS) is 11.0. The third-order valence-corrected chi connectivity index (χ3v) is 5.40. The van der Waals surface area contributed by atoms with Crippen LogP contribution in [0.4, 0.5) is 4.39 Å². The maximum Gasteiger partial charge on any atom is 0.201 e. The van der Waals surface area contributed by atoms with Gasteiger partial charge in [-0.05, 0) is 48.0 Å². The van der Waals surface area contributed by atoms with Gasteiger partial charge in [0, 0.05) is 42.3 Å². The Morgan fingerprint density at radius 2 is 1.88 bits per heavy atom. The van der Waals surface area contributed by atoms with Gasteiger partial charge >= 0.3 is 0 Å². The lowest BCUT2D eigenvalue weighted by Crippen LogP contribution is -1.97. The van der Waals surface area contributed by atoms with Gasteiger partial charge in [0.05, 0.1) is 29.1 Å². The summed E-state index contributed by atoms with van der Waals surface area (Å²) >= 11 is 0. The Hall–Kier alpha value is -4.44. The second-order valence-corrected chi connectivity index (χ2v) is 7.58. The van der Waals surface area contributed by atoms with Crippen molar-refractivity contribution in [2.75, 3.05) is 0 Å². The molecule has 0 aliphatic carbocycles. The highest BCUT2D eigenvalue weighted by Gasteiger charge is 2.19. The minimum absolute atomic E-state index is 0.0827. The summed E-state index contributed by atoms with van der Waals surface area (Å²) in [6.07, 6.45) is 5.36. The Morgan fingerprint density at radius 3 is 2.66 bits per heavy atom. The molecule has 5 rings (SSSR count). The van der Waals surface area contributed by atoms with Crippen molar-refractivity contribution >= 4 is 10.9 Å². The molecule has 0 atom stereocenters. The summed E-state index contributed by atoms with van der Waals surface area (Å²) in [5.41, 5.74) is 5.17. The van der Waals surface area contributed by atoms with E-state index in [1.807, 2.05) is 31.4 Å². The predicted molar refractivity (Wildman–Crippen MR) is 119 cm³/mol. The number of aryl methyl sites for hydroxylation is 1. The summed E-state index contributed by atoms with van der Waals surface area (Å²) < 4.78 is 16.8. The van der Waals surface area contributed by atoms with Crippen LogP contribution in [0.3, 0.4) is 0 Å². The molecular formula is C25H18FN5O. The molecule has 0 saturated carbocycles. The van der Waals surface area contributed by atoms with Crippen LogP contribution in [0.15, 0.2) is 73.2 Å². The van der Waals surface area contributed by atoms with Crippen molar-refractivity contribution in [1.29, 1.82) is 5.26 Å². The van der Waals surface area contributed by atoms with Gasteiger partial charge in [-0.25, -0.2) is 4.39 Å². The van der Waals surface area contributed by atoms with E-state index in [9.17, 15) is 9.50 Å². The van der Waals surface area contributed by atoms with Gasteiger partial charge in [-0.15, -0.1) is 0 Å². The fourth-order valence-electron chi connectivity index (χ4n) is 3.95. The van der Waals surface area contributed by atoms with Gasteiger partial charge in [0.15, 0.2) is 0 Å². The number of fused-ring (bicyclic) bond motifs is 1. The van der Waals surface area contributed by atoms with E-state index in [1.165, 1.54) is 12.1 Å². The molecule has 3 heterocycles. The van der Waals surface area contributed by atoms with E-state index in [0.29, 0.717) is 28.7 Å². The molecule has 0 fully saturated rings. The molecule has 0 amide bonds. The standard InChI is InChI=1S/C25H18FN5O/c1-30-14-21(24(29-30)18-5-7-19(26)8-6-18)20-9-10-28-22-15-31(25(32)23(20)22)13-17-4-2-3-16(11-17)12-27/h2-11,14-15,32H,13H2,1H3. The quantitative estimate of drug-likeness (QED) is 0.447. The number of nitrogens with zero attached hydrogens (tertiary/aromatic N) is 5. The molecule has 0 saturated heterocycles. The number of halogens is 1. The number of pyridine rings is 1. The van der Waals surface area contributed by atoms with E-state index >= 15 is 0 Å². The van der Waals surface area contributed by atoms with Crippen LogP contribution in [0.25, 0.3) is 33.3 Å². The minimum atomic E-state index is -0.312. The Labute approximate surface area is 183 Å². The maximum atomic E-state index is 13.4. The average molecular weight is 423 g/mol. The molecule has 3 aromatic heterocycles. The van der Waals surface area contributed by atoms with Crippen LogP contribution in [0.5, 0.6) is 5.88 Å². The van der Waals surface area contributed by atoms with E-state index in [0.717, 1.165) is 22.3 Å². The molecule has 32 heavy (non-hydrogen) atoms. The van der Waals surface area contributed by atoms with Crippen molar-refractivity contribution in [1.82, 2.24) is 19.3 Å². The minimum Gasteiger partial charge on any atom is -0.494 e. The molecular weight excluding hydrogens is 405 g/mol. The van der Waals surface area contributed by atoms with Gasteiger partial charge in [0.25, 0.3) is 0 Å². The lowest BCUT2D eigenvalue weighted by Gasteiger charge is -2.07. The summed E-state index contributed by atoms with van der Waals surface area (Å²) in [5, 5.41) is 25.4. The summed E-state index contributed by atoms with van der Waals surface area (Å²) in [4.78, 5) is 4.44. The van der Waals surface area contributed by atoms with E-state index in [-0.39, 0.29) is 11.7 Å². The molecule has 0 bridgehead atoms. The van der Waals surface area contributed by atoms with E-state index in [1.54, 1.807) is 45.9 Å². The predicted octanol–water partition coefficient (Wildman–Crippen LogP) is 4.87. The number of rotatable bonds is 4. The Morgan fingerprint density at radius 1 is 1.06 bits per heavy atom. The van der Waals surface area contributed by atoms with Crippen LogP contribution >= 0.6 is 0 Å². The number of nitriles is 1. The first kappa shape index (κ1) is 19.5. The highest BCUT2D eigenvalue weighted by Crippen LogP contribution is 2.39. The number of aromatic hydroxyl groups is 1. The highest BCUT2D eigenvalue weighted by molar-refractivity contribution is 6.01. The third kappa shape index (κ3) is 3.38. The molecule has 0 radical (unpaired) electrons. The molecule has 1 N–H and O–H groups in total. The van der Waals surface area contributed by atoms with Crippen molar-refractivity contribution in [3.63, 3.8) is 0 Å². The number of benzene rings is 2. The topological polar surface area (TPSA) is 79.7 Å². The molecule has 0 unspecified atom stereocenters. The second-order valence-electron chi connectivity index (χ2n) is 7.58. The first-order valence-electron chi connectivity index (χ1n) is 9.99. The largest absolute Gasteiger partial charge is 0.494 e. The summed E-state index contributed by atoms with van der Waals surface area (Å²) in [6.45, 7) is 0.398. The van der Waals surface area contributed by atoms with Crippen molar-refractivity contribution in [3.05, 3.63) is 90.1 Å². The van der Waals surface area contributed by atoms with Gasteiger partial charge < -0.3 is 9.67 Å². The van der Waals surface area contributed by atoms with E-state index < -0.39 is 0 Å². The maximum absolute atomic E-state index is 13.4. The van der Waals surface area contributed by atoms with Crippen LogP contribution in [-0.2, 0) is 13.6 Å². The first-order valence-corrected chi connectivity index (χ1v) is 9.99. The molecule has 0 spiro atoms. The van der Waals surface area contributed by atoms with Crippen molar-refractivity contribution in [2.45, 2.75) is 6.54 Å². The Kier molecular flexibility index (Phi) is 4.68. The molecule has 5 aromatic rings. The van der Waals surface area contributed by atoms with Crippen molar-refractivity contribution < 1.29 is 9.50 Å². The molecule has 6 nitrogen and oxygen atoms in total. The van der Waals surface area contributed by atoms with Gasteiger partial charge in [0.2, 0.25) is 5.88 Å². The number of aromatic nitrogens is 4. The third-order valence-electron chi connectivity index (χ3n) is 5.40. The summed E-state index contributed by atoms with van der Waals surface area (Å²) in [5.74, 6) is -0.230. The van der Waals surface area contributed by atoms with Crippen LogP contribution < -0.4 is 0 Å². The molecule has 7 heteroatoms. The number of hydrogen-bond acceptors (Lipinski definition) is 4. The SMILES string of the molecule is Cn1cc(-c2ccnc3cn(Cc4cccc(C#N)c4)c(O)c23)c(-c2ccc(F)cc2)n1. The molecule has 2 aromatic carbocycles. The summed E-state index contributed by atoms with van der Waals surface area (Å²) in [6, 6.07) is 17.4. The van der Waals surface area contributed by atoms with E-state index in [4.69, 9.17) is 5.26 Å². The first-order chi connectivity index (χ1) is 15.5. The fourth-order valence-corrected chi connectivity index (χ4v) is 3.95. The zero-order valence-corrected chi connectivity index (χ0v) is 17.2. The van der Waals surface area contributed by atoms with Gasteiger partial charge in [0.1, 0.15) is 11.5 Å². The molecule has 0 aliphatic rings. The lowest BCUT2D eigenvalue weighted by atomic mass is 10.00. The number of hydrogen-bond donors (Lipinski definition) is 1. The highest BCUT2D eigenvalue weighted by atomic mass is 19.1. The second kappa shape index (κ2) is 7.67. The van der Waals surface area contributed by atoms with Gasteiger partial charge in [-0.1, -0.05) is 12.1 Å². The van der Waals surface area contributed by atoms with Crippen LogP contribution in [0.1, 0.15) is 11.1 Å². The average Bonchev–Trinajstić information content (AvgIpc) is 3.34. The Balaban J connectivity index is 1.64. The molecule has 156 valence electrons. The monoisotopic (exact) mass is 423 g/mol. The van der Waals surface area contributed by atoms with Crippen molar-refractivity contribution in [3.8, 4) is 34.3 Å². The molecule has 0 aliphatic heterocycles. The lowest BCUT2D eigenvalue weighted by molar-refractivity contribution is 0.430. The van der Waals surface area contributed by atoms with Crippen LogP contribution in [0.2, 0.25) is 0 Å². The van der Waals surface area contributed by atoms with E-state index in [2.05, 4.69) is 16.2 Å². The fraction of sp³-hybridized carbons (Fsp3) is 0.0800. The van der Waals surface area contributed by atoms with Crippen LogP contribution in [-0.4, -0.2) is 24.4 Å². The Bertz CT molecular complexity index is 1490. The van der Waals surface area contributed by atoms with Crippen molar-refractivity contribution in [2.24, 2.45) is 7.05 Å². The van der Waals surface area contributed by atoms with Gasteiger partial charge in [-0.3, -0.25) is 9.67 Å². The smallest absolute Gasteiger partial charge is 0.201 e.